The van der Waals surface area contributed by atoms with E-state index in [2.05, 4.69) is 20.9 Å². The van der Waals surface area contributed by atoms with Crippen LogP contribution in [0.25, 0.3) is 10.8 Å². The monoisotopic (exact) mass is 457 g/mol. The molecule has 0 bridgehead atoms. The second-order valence-corrected chi connectivity index (χ2v) is 6.85. The van der Waals surface area contributed by atoms with E-state index in [0.717, 1.165) is 0 Å². The van der Waals surface area contributed by atoms with E-state index in [0.29, 0.717) is 64.0 Å². The largest absolute Gasteiger partial charge is 0.494 e. The number of aldehydes is 1. The van der Waals surface area contributed by atoms with Gasteiger partial charge in [-0.25, -0.2) is 0 Å². The van der Waals surface area contributed by atoms with Crippen LogP contribution < -0.4 is 14.2 Å². The molecule has 29 heavy (non-hydrogen) atoms. The van der Waals surface area contributed by atoms with E-state index in [1.165, 1.54) is 13.3 Å². The van der Waals surface area contributed by atoms with E-state index >= 15 is 0 Å². The zero-order valence-corrected chi connectivity index (χ0v) is 17.7. The zero-order chi connectivity index (χ0) is 20.8. The fourth-order valence-corrected chi connectivity index (χ4v) is 3.16. The van der Waals surface area contributed by atoms with Crippen molar-refractivity contribution in [1.29, 1.82) is 0 Å². The summed E-state index contributed by atoms with van der Waals surface area (Å²) in [7, 11) is 1.52. The number of nitrogens with zero attached hydrogens (tertiary/aromatic N) is 1. The topological polar surface area (TPSA) is 74.7 Å². The van der Waals surface area contributed by atoms with Gasteiger partial charge in [-0.15, -0.1) is 0 Å². The Kier molecular flexibility index (Phi) is 6.82. The summed E-state index contributed by atoms with van der Waals surface area (Å²) >= 11 is 3.32. The summed E-state index contributed by atoms with van der Waals surface area (Å²) in [4.78, 5) is 29.0. The molecule has 0 aliphatic rings. The molecule has 0 saturated heterocycles. The molecule has 3 rings (SSSR count). The number of ketones is 1. The standard InChI is InChI=1S/C22H20BrNO5/c1-3-28-16-6-4-5-14(9-16)22(26)21-18-11-19(27-2)20(29-8-7-23)10-17(18)15(13-25)12-24-21/h4-6,9-13H,3,7-8H2,1-2H3. The van der Waals surface area contributed by atoms with Crippen LogP contribution in [0.5, 0.6) is 17.2 Å². The van der Waals surface area contributed by atoms with E-state index in [9.17, 15) is 9.59 Å². The molecule has 0 amide bonds. The van der Waals surface area contributed by atoms with E-state index < -0.39 is 0 Å². The first-order chi connectivity index (χ1) is 14.1. The Balaban J connectivity index is 2.16. The first-order valence-corrected chi connectivity index (χ1v) is 10.2. The number of alkyl halides is 1. The first kappa shape index (κ1) is 20.8. The molecule has 1 aromatic heterocycles. The number of hydrogen-bond acceptors (Lipinski definition) is 6. The summed E-state index contributed by atoms with van der Waals surface area (Å²) < 4.78 is 16.6. The van der Waals surface area contributed by atoms with E-state index in [1.54, 1.807) is 36.4 Å². The molecule has 3 aromatic rings. The van der Waals surface area contributed by atoms with Crippen molar-refractivity contribution in [2.75, 3.05) is 25.7 Å². The molecule has 0 fully saturated rings. The number of rotatable bonds is 9. The number of carbonyl (C=O) groups is 2. The Morgan fingerprint density at radius 1 is 1.14 bits per heavy atom. The normalized spacial score (nSPS) is 10.6. The predicted molar refractivity (Wildman–Crippen MR) is 114 cm³/mol. The molecule has 0 spiro atoms. The van der Waals surface area contributed by atoms with E-state index in [-0.39, 0.29) is 11.5 Å². The molecule has 7 heteroatoms. The molecule has 2 aromatic carbocycles. The van der Waals surface area contributed by atoms with Gasteiger partial charge in [-0.1, -0.05) is 28.1 Å². The highest BCUT2D eigenvalue weighted by Gasteiger charge is 2.19. The number of fused-ring (bicyclic) bond motifs is 1. The number of aromatic nitrogens is 1. The van der Waals surface area contributed by atoms with Crippen LogP contribution in [0.15, 0.2) is 42.6 Å². The second kappa shape index (κ2) is 9.52. The van der Waals surface area contributed by atoms with Crippen molar-refractivity contribution in [2.24, 2.45) is 0 Å². The van der Waals surface area contributed by atoms with Gasteiger partial charge in [-0.05, 0) is 36.6 Å². The van der Waals surface area contributed by atoms with Crippen LogP contribution >= 0.6 is 15.9 Å². The van der Waals surface area contributed by atoms with Gasteiger partial charge in [0, 0.05) is 28.0 Å². The Bertz CT molecular complexity index is 1050. The molecular formula is C22H20BrNO5. The highest BCUT2D eigenvalue weighted by Crippen LogP contribution is 2.35. The molecule has 0 aliphatic carbocycles. The van der Waals surface area contributed by atoms with Crippen LogP contribution in [0.1, 0.15) is 33.3 Å². The molecule has 0 unspecified atom stereocenters. The van der Waals surface area contributed by atoms with Gasteiger partial charge >= 0.3 is 0 Å². The fourth-order valence-electron chi connectivity index (χ4n) is 2.99. The van der Waals surface area contributed by atoms with Crippen molar-refractivity contribution in [3.05, 3.63) is 59.4 Å². The molecular weight excluding hydrogens is 438 g/mol. The molecule has 0 radical (unpaired) electrons. The van der Waals surface area contributed by atoms with Crippen LogP contribution in [0, 0.1) is 0 Å². The van der Waals surface area contributed by atoms with Gasteiger partial charge in [0.15, 0.2) is 17.8 Å². The van der Waals surface area contributed by atoms with Crippen molar-refractivity contribution >= 4 is 38.8 Å². The van der Waals surface area contributed by atoms with Crippen molar-refractivity contribution in [3.8, 4) is 17.2 Å². The maximum Gasteiger partial charge on any atom is 0.212 e. The van der Waals surface area contributed by atoms with E-state index in [1.807, 2.05) is 6.92 Å². The highest BCUT2D eigenvalue weighted by atomic mass is 79.9. The minimum atomic E-state index is -0.273. The summed E-state index contributed by atoms with van der Waals surface area (Å²) in [6.45, 7) is 2.81. The Morgan fingerprint density at radius 2 is 1.93 bits per heavy atom. The zero-order valence-electron chi connectivity index (χ0n) is 16.1. The molecule has 0 N–H and O–H groups in total. The molecule has 1 heterocycles. The lowest BCUT2D eigenvalue weighted by molar-refractivity contribution is 0.103. The average Bonchev–Trinajstić information content (AvgIpc) is 2.76. The third kappa shape index (κ3) is 4.40. The number of hydrogen-bond donors (Lipinski definition) is 0. The van der Waals surface area contributed by atoms with Gasteiger partial charge in [0.05, 0.1) is 20.3 Å². The van der Waals surface area contributed by atoms with Crippen LogP contribution in [-0.4, -0.2) is 42.7 Å². The summed E-state index contributed by atoms with van der Waals surface area (Å²) in [5.74, 6) is 1.28. The Hall–Kier alpha value is -2.93. The lowest BCUT2D eigenvalue weighted by Crippen LogP contribution is -2.07. The molecule has 0 saturated carbocycles. The van der Waals surface area contributed by atoms with Gasteiger partial charge in [0.25, 0.3) is 0 Å². The van der Waals surface area contributed by atoms with Gasteiger partial charge in [0.2, 0.25) is 5.78 Å². The molecule has 150 valence electrons. The highest BCUT2D eigenvalue weighted by molar-refractivity contribution is 9.09. The van der Waals surface area contributed by atoms with Crippen molar-refractivity contribution in [3.63, 3.8) is 0 Å². The third-order valence-electron chi connectivity index (χ3n) is 4.29. The van der Waals surface area contributed by atoms with Crippen LogP contribution in [0.3, 0.4) is 0 Å². The minimum Gasteiger partial charge on any atom is -0.494 e. The quantitative estimate of drug-likeness (QED) is 0.268. The summed E-state index contributed by atoms with van der Waals surface area (Å²) in [5.41, 5.74) is 1.04. The molecule has 0 aliphatic heterocycles. The van der Waals surface area contributed by atoms with E-state index in [4.69, 9.17) is 14.2 Å². The van der Waals surface area contributed by atoms with Gasteiger partial charge in [0.1, 0.15) is 11.4 Å². The summed E-state index contributed by atoms with van der Waals surface area (Å²) in [6, 6.07) is 10.3. The summed E-state index contributed by atoms with van der Waals surface area (Å²) in [5, 5.41) is 1.74. The third-order valence-corrected chi connectivity index (χ3v) is 4.61. The van der Waals surface area contributed by atoms with Crippen molar-refractivity contribution < 1.29 is 23.8 Å². The maximum atomic E-state index is 13.2. The smallest absolute Gasteiger partial charge is 0.212 e. The number of ether oxygens (including phenoxy) is 3. The average molecular weight is 458 g/mol. The van der Waals surface area contributed by atoms with Crippen molar-refractivity contribution in [1.82, 2.24) is 4.98 Å². The van der Waals surface area contributed by atoms with Crippen LogP contribution in [-0.2, 0) is 0 Å². The number of halogens is 1. The maximum absolute atomic E-state index is 13.2. The first-order valence-electron chi connectivity index (χ1n) is 9.05. The van der Waals surface area contributed by atoms with Gasteiger partial charge in [-0.3, -0.25) is 14.6 Å². The van der Waals surface area contributed by atoms with Crippen LogP contribution in [0.2, 0.25) is 0 Å². The Labute approximate surface area is 176 Å². The number of pyridine rings is 1. The number of carbonyl (C=O) groups excluding carboxylic acids is 2. The lowest BCUT2D eigenvalue weighted by Gasteiger charge is -2.14. The fraction of sp³-hybridized carbons (Fsp3) is 0.227. The molecule has 0 atom stereocenters. The lowest BCUT2D eigenvalue weighted by atomic mass is 9.99. The number of benzene rings is 2. The SMILES string of the molecule is CCOc1cccc(C(=O)c2ncc(C=O)c3cc(OCCBr)c(OC)cc23)c1. The Morgan fingerprint density at radius 3 is 2.62 bits per heavy atom. The summed E-state index contributed by atoms with van der Waals surface area (Å²) in [6.07, 6.45) is 2.11. The molecule has 6 nitrogen and oxygen atoms in total. The second-order valence-electron chi connectivity index (χ2n) is 6.06. The predicted octanol–water partition coefficient (Wildman–Crippen LogP) is 4.46. The van der Waals surface area contributed by atoms with Gasteiger partial charge in [-0.2, -0.15) is 0 Å². The minimum absolute atomic E-state index is 0.226. The van der Waals surface area contributed by atoms with Crippen LogP contribution in [0.4, 0.5) is 0 Å². The van der Waals surface area contributed by atoms with Gasteiger partial charge < -0.3 is 14.2 Å². The number of methoxy groups -OCH3 is 1. The van der Waals surface area contributed by atoms with Crippen molar-refractivity contribution in [2.45, 2.75) is 6.92 Å².